The number of aromatic nitrogens is 5. The normalized spacial score (nSPS) is 19.2. The molecule has 0 unspecified atom stereocenters. The predicted octanol–water partition coefficient (Wildman–Crippen LogP) is 3.19. The van der Waals surface area contributed by atoms with E-state index in [1.807, 2.05) is 30.1 Å². The highest BCUT2D eigenvalue weighted by atomic mass is 15.3. The van der Waals surface area contributed by atoms with Gasteiger partial charge in [-0.2, -0.15) is 5.10 Å². The molecule has 0 N–H and O–H groups in total. The Hall–Kier alpha value is -2.54. The van der Waals surface area contributed by atoms with Crippen LogP contribution in [0.15, 0.2) is 24.5 Å². The average Bonchev–Trinajstić information content (AvgIpc) is 3.08. The molecule has 29 heavy (non-hydrogen) atoms. The molecule has 5 heterocycles. The second-order valence-electron chi connectivity index (χ2n) is 8.33. The van der Waals surface area contributed by atoms with Crippen molar-refractivity contribution in [3.63, 3.8) is 0 Å². The summed E-state index contributed by atoms with van der Waals surface area (Å²) in [5.41, 5.74) is 2.83. The number of pyridine rings is 1. The molecule has 0 amide bonds. The monoisotopic (exact) mass is 391 g/mol. The van der Waals surface area contributed by atoms with Crippen molar-refractivity contribution in [2.24, 2.45) is 7.05 Å². The van der Waals surface area contributed by atoms with Gasteiger partial charge in [0.15, 0.2) is 11.5 Å². The zero-order chi connectivity index (χ0) is 19.8. The van der Waals surface area contributed by atoms with Crippen molar-refractivity contribution in [3.8, 4) is 11.4 Å². The summed E-state index contributed by atoms with van der Waals surface area (Å²) in [6.07, 6.45) is 10.1. The Balaban J connectivity index is 1.47. The van der Waals surface area contributed by atoms with Gasteiger partial charge in [-0.05, 0) is 57.8 Å². The predicted molar refractivity (Wildman–Crippen MR) is 115 cm³/mol. The maximum absolute atomic E-state index is 5.01. The van der Waals surface area contributed by atoms with E-state index in [9.17, 15) is 0 Å². The number of fused-ring (bicyclic) bond motifs is 1. The molecule has 0 bridgehead atoms. The van der Waals surface area contributed by atoms with Crippen LogP contribution in [0.3, 0.4) is 0 Å². The second-order valence-corrected chi connectivity index (χ2v) is 8.33. The van der Waals surface area contributed by atoms with Gasteiger partial charge in [-0.25, -0.2) is 9.97 Å². The number of likely N-dealkylation sites (tertiary alicyclic amines) is 1. The number of aryl methyl sites for hydroxylation is 2. The van der Waals surface area contributed by atoms with E-state index in [0.717, 1.165) is 53.1 Å². The van der Waals surface area contributed by atoms with Gasteiger partial charge in [0.2, 0.25) is 0 Å². The first-order chi connectivity index (χ1) is 14.2. The quantitative estimate of drug-likeness (QED) is 0.683. The molecule has 5 rings (SSSR count). The number of piperidine rings is 2. The Morgan fingerprint density at radius 2 is 1.79 bits per heavy atom. The van der Waals surface area contributed by atoms with E-state index in [-0.39, 0.29) is 0 Å². The first-order valence-corrected chi connectivity index (χ1v) is 10.8. The summed E-state index contributed by atoms with van der Waals surface area (Å²) < 4.78 is 1.87. The summed E-state index contributed by atoms with van der Waals surface area (Å²) >= 11 is 0. The molecule has 0 spiro atoms. The van der Waals surface area contributed by atoms with Gasteiger partial charge in [0.25, 0.3) is 0 Å². The molecule has 0 radical (unpaired) electrons. The van der Waals surface area contributed by atoms with E-state index < -0.39 is 0 Å². The Labute approximate surface area is 171 Å². The van der Waals surface area contributed by atoms with E-state index in [4.69, 9.17) is 9.97 Å². The summed E-state index contributed by atoms with van der Waals surface area (Å²) in [6, 6.07) is 4.67. The van der Waals surface area contributed by atoms with Crippen LogP contribution in [-0.4, -0.2) is 61.9 Å². The Morgan fingerprint density at radius 1 is 1.00 bits per heavy atom. The molecule has 2 aliphatic rings. The molecular weight excluding hydrogens is 362 g/mol. The highest BCUT2D eigenvalue weighted by Crippen LogP contribution is 2.32. The van der Waals surface area contributed by atoms with Gasteiger partial charge in [0.1, 0.15) is 5.82 Å². The third-order valence-corrected chi connectivity index (χ3v) is 6.43. The standard InChI is InChI=1S/C22H29N7/c1-16-19-21(27(2)26-16)24-20(17-7-6-10-23-15-17)25-22(19)29-13-8-18(9-14-29)28-11-4-3-5-12-28/h6-7,10,15,18H,3-5,8-9,11-14H2,1-2H3. The van der Waals surface area contributed by atoms with Crippen molar-refractivity contribution in [2.75, 3.05) is 31.1 Å². The van der Waals surface area contributed by atoms with Crippen LogP contribution in [0, 0.1) is 6.92 Å². The van der Waals surface area contributed by atoms with Gasteiger partial charge in [0, 0.05) is 44.1 Å². The third-order valence-electron chi connectivity index (χ3n) is 6.43. The van der Waals surface area contributed by atoms with Crippen molar-refractivity contribution >= 4 is 16.9 Å². The van der Waals surface area contributed by atoms with Crippen LogP contribution in [0.5, 0.6) is 0 Å². The van der Waals surface area contributed by atoms with E-state index in [1.54, 1.807) is 6.20 Å². The molecular formula is C22H29N7. The van der Waals surface area contributed by atoms with Gasteiger partial charge in [-0.1, -0.05) is 6.42 Å². The smallest absolute Gasteiger partial charge is 0.165 e. The fraction of sp³-hybridized carbons (Fsp3) is 0.545. The van der Waals surface area contributed by atoms with Crippen molar-refractivity contribution < 1.29 is 0 Å². The summed E-state index contributed by atoms with van der Waals surface area (Å²) in [4.78, 5) is 19.2. The van der Waals surface area contributed by atoms with Gasteiger partial charge < -0.3 is 9.80 Å². The average molecular weight is 392 g/mol. The molecule has 0 saturated carbocycles. The van der Waals surface area contributed by atoms with E-state index in [0.29, 0.717) is 0 Å². The van der Waals surface area contributed by atoms with Crippen LogP contribution < -0.4 is 4.90 Å². The Kier molecular flexibility index (Phi) is 4.91. The maximum Gasteiger partial charge on any atom is 0.165 e. The minimum atomic E-state index is 0.719. The van der Waals surface area contributed by atoms with E-state index in [2.05, 4.69) is 26.8 Å². The van der Waals surface area contributed by atoms with E-state index in [1.165, 1.54) is 45.2 Å². The van der Waals surface area contributed by atoms with Crippen LogP contribution in [0.2, 0.25) is 0 Å². The molecule has 0 aliphatic carbocycles. The van der Waals surface area contributed by atoms with Crippen LogP contribution in [-0.2, 0) is 7.05 Å². The zero-order valence-corrected chi connectivity index (χ0v) is 17.4. The summed E-state index contributed by atoms with van der Waals surface area (Å²) in [5, 5.41) is 5.71. The minimum absolute atomic E-state index is 0.719. The summed E-state index contributed by atoms with van der Waals surface area (Å²) in [5.74, 6) is 1.75. The van der Waals surface area contributed by atoms with Crippen LogP contribution in [0.1, 0.15) is 37.8 Å². The highest BCUT2D eigenvalue weighted by Gasteiger charge is 2.28. The fourth-order valence-electron chi connectivity index (χ4n) is 4.90. The molecule has 0 aromatic carbocycles. The molecule has 2 fully saturated rings. The molecule has 7 heteroatoms. The van der Waals surface area contributed by atoms with Crippen LogP contribution in [0.4, 0.5) is 5.82 Å². The number of nitrogens with zero attached hydrogens (tertiary/aromatic N) is 7. The van der Waals surface area contributed by atoms with Crippen molar-refractivity contribution in [2.45, 2.75) is 45.1 Å². The number of hydrogen-bond acceptors (Lipinski definition) is 6. The van der Waals surface area contributed by atoms with E-state index >= 15 is 0 Å². The second kappa shape index (κ2) is 7.71. The van der Waals surface area contributed by atoms with Crippen molar-refractivity contribution in [1.82, 2.24) is 29.6 Å². The molecule has 3 aromatic heterocycles. The van der Waals surface area contributed by atoms with Crippen LogP contribution >= 0.6 is 0 Å². The fourth-order valence-corrected chi connectivity index (χ4v) is 4.90. The lowest BCUT2D eigenvalue weighted by Crippen LogP contribution is -2.47. The van der Waals surface area contributed by atoms with Gasteiger partial charge >= 0.3 is 0 Å². The lowest BCUT2D eigenvalue weighted by molar-refractivity contribution is 0.141. The largest absolute Gasteiger partial charge is 0.356 e. The topological polar surface area (TPSA) is 63.0 Å². The van der Waals surface area contributed by atoms with Gasteiger partial charge in [-0.3, -0.25) is 9.67 Å². The zero-order valence-electron chi connectivity index (χ0n) is 17.4. The first kappa shape index (κ1) is 18.5. The lowest BCUT2D eigenvalue weighted by Gasteiger charge is -2.40. The van der Waals surface area contributed by atoms with Crippen molar-refractivity contribution in [1.29, 1.82) is 0 Å². The SMILES string of the molecule is Cc1nn(C)c2nc(-c3cccnc3)nc(N3CCC(N4CCCCC4)CC3)c12. The van der Waals surface area contributed by atoms with Crippen LogP contribution in [0.25, 0.3) is 22.4 Å². The molecule has 3 aromatic rings. The Morgan fingerprint density at radius 3 is 2.52 bits per heavy atom. The van der Waals surface area contributed by atoms with Gasteiger partial charge in [-0.15, -0.1) is 0 Å². The number of hydrogen-bond donors (Lipinski definition) is 0. The number of rotatable bonds is 3. The molecule has 0 atom stereocenters. The summed E-state index contributed by atoms with van der Waals surface area (Å²) in [6.45, 7) is 6.67. The minimum Gasteiger partial charge on any atom is -0.356 e. The Bertz CT molecular complexity index is 983. The third kappa shape index (κ3) is 3.48. The van der Waals surface area contributed by atoms with Gasteiger partial charge in [0.05, 0.1) is 11.1 Å². The molecule has 7 nitrogen and oxygen atoms in total. The molecule has 152 valence electrons. The molecule has 2 aliphatic heterocycles. The number of anilines is 1. The highest BCUT2D eigenvalue weighted by molar-refractivity contribution is 5.91. The van der Waals surface area contributed by atoms with Crippen molar-refractivity contribution in [3.05, 3.63) is 30.2 Å². The first-order valence-electron chi connectivity index (χ1n) is 10.8. The molecule has 2 saturated heterocycles. The maximum atomic E-state index is 5.01. The summed E-state index contributed by atoms with van der Waals surface area (Å²) in [7, 11) is 1.96. The lowest BCUT2D eigenvalue weighted by atomic mass is 9.99.